The lowest BCUT2D eigenvalue weighted by Crippen LogP contribution is -2.39. The Hall–Kier alpha value is -1.54. The van der Waals surface area contributed by atoms with Crippen LogP contribution in [-0.2, 0) is 23.0 Å². The lowest BCUT2D eigenvalue weighted by Gasteiger charge is -2.27. The van der Waals surface area contributed by atoms with Crippen LogP contribution in [-0.4, -0.2) is 36.1 Å². The molecule has 19 heavy (non-hydrogen) atoms. The van der Waals surface area contributed by atoms with Gasteiger partial charge in [-0.3, -0.25) is 0 Å². The maximum absolute atomic E-state index is 12.5. The van der Waals surface area contributed by atoms with E-state index in [1.807, 2.05) is 0 Å². The molecule has 0 spiro atoms. The zero-order valence-electron chi connectivity index (χ0n) is 9.71. The molecule has 0 aliphatic carbocycles. The second kappa shape index (κ2) is 4.86. The minimum atomic E-state index is -4.62. The van der Waals surface area contributed by atoms with E-state index in [0.717, 1.165) is 5.56 Å². The molecule has 1 N–H and O–H groups in total. The molecule has 0 atom stereocenters. The van der Waals surface area contributed by atoms with E-state index < -0.39 is 21.8 Å². The van der Waals surface area contributed by atoms with Gasteiger partial charge in [-0.05, 0) is 29.7 Å². The molecule has 8 heteroatoms. The number of nitrogens with zero attached hydrogens (tertiary/aromatic N) is 1. The normalized spacial score (nSPS) is 16.4. The van der Waals surface area contributed by atoms with Gasteiger partial charge in [0.1, 0.15) is 0 Å². The first kappa shape index (κ1) is 13.9. The van der Waals surface area contributed by atoms with Crippen molar-refractivity contribution in [2.24, 2.45) is 0 Å². The highest BCUT2D eigenvalue weighted by Gasteiger charge is 2.34. The smallest absolute Gasteiger partial charge is 0.350 e. The summed E-state index contributed by atoms with van der Waals surface area (Å²) < 4.78 is 48.3. The van der Waals surface area contributed by atoms with Crippen LogP contribution in [0, 0.1) is 0 Å². The van der Waals surface area contributed by atoms with Crippen molar-refractivity contribution in [3.8, 4) is 0 Å². The molecule has 0 saturated carbocycles. The van der Waals surface area contributed by atoms with Gasteiger partial charge < -0.3 is 5.11 Å². The van der Waals surface area contributed by atoms with E-state index in [4.69, 9.17) is 5.11 Å². The number of fused-ring (bicyclic) bond motifs is 1. The summed E-state index contributed by atoms with van der Waals surface area (Å²) in [5, 5.41) is 8.85. The van der Waals surface area contributed by atoms with Gasteiger partial charge in [0.25, 0.3) is 10.0 Å². The van der Waals surface area contributed by atoms with Crippen molar-refractivity contribution in [1.82, 2.24) is 4.31 Å². The average Bonchev–Trinajstić information content (AvgIpc) is 2.37. The lowest BCUT2D eigenvalue weighted by molar-refractivity contribution is 0.0696. The molecule has 0 saturated heterocycles. The highest BCUT2D eigenvalue weighted by Crippen LogP contribution is 2.24. The van der Waals surface area contributed by atoms with Crippen LogP contribution in [0.15, 0.2) is 18.2 Å². The standard InChI is InChI=1S/C11H11F2NO4S/c12-11(13)19(17,18)14-4-3-7-1-2-8(10(15)16)5-9(7)6-14/h1-2,5,11H,3-4,6H2,(H,15,16). The Morgan fingerprint density at radius 3 is 2.58 bits per heavy atom. The molecule has 0 amide bonds. The van der Waals surface area contributed by atoms with E-state index in [0.29, 0.717) is 16.3 Å². The first-order valence-corrected chi connectivity index (χ1v) is 6.95. The molecule has 0 bridgehead atoms. The molecule has 0 fully saturated rings. The van der Waals surface area contributed by atoms with Crippen LogP contribution in [0.25, 0.3) is 0 Å². The van der Waals surface area contributed by atoms with Crippen molar-refractivity contribution in [2.75, 3.05) is 6.54 Å². The number of sulfonamides is 1. The third-order valence-electron chi connectivity index (χ3n) is 3.02. The minimum Gasteiger partial charge on any atom is -0.478 e. The van der Waals surface area contributed by atoms with Gasteiger partial charge in [-0.15, -0.1) is 0 Å². The maximum Gasteiger partial charge on any atom is 0.350 e. The largest absolute Gasteiger partial charge is 0.478 e. The summed E-state index contributed by atoms with van der Waals surface area (Å²) >= 11 is 0. The van der Waals surface area contributed by atoms with Gasteiger partial charge in [0, 0.05) is 13.1 Å². The van der Waals surface area contributed by atoms with Gasteiger partial charge in [-0.25, -0.2) is 13.2 Å². The van der Waals surface area contributed by atoms with E-state index in [2.05, 4.69) is 0 Å². The van der Waals surface area contributed by atoms with E-state index in [-0.39, 0.29) is 18.7 Å². The molecular formula is C11H11F2NO4S. The number of carboxylic acids is 1. The molecule has 1 aromatic rings. The summed E-state index contributed by atoms with van der Waals surface area (Å²) in [6, 6.07) is 4.33. The Labute approximate surface area is 108 Å². The van der Waals surface area contributed by atoms with Crippen molar-refractivity contribution in [2.45, 2.75) is 18.7 Å². The Morgan fingerprint density at radius 1 is 1.32 bits per heavy atom. The zero-order chi connectivity index (χ0) is 14.2. The number of carboxylic acid groups (broad SMARTS) is 1. The van der Waals surface area contributed by atoms with Crippen molar-refractivity contribution in [3.63, 3.8) is 0 Å². The fourth-order valence-corrected chi connectivity index (χ4v) is 2.88. The van der Waals surface area contributed by atoms with Crippen molar-refractivity contribution in [3.05, 3.63) is 34.9 Å². The third kappa shape index (κ3) is 2.59. The SMILES string of the molecule is O=C(O)c1ccc2c(c1)CN(S(=O)(=O)C(F)F)CC2. The summed E-state index contributed by atoms with van der Waals surface area (Å²) in [5.41, 5.74) is 1.25. The van der Waals surface area contributed by atoms with Gasteiger partial charge in [0.2, 0.25) is 0 Å². The van der Waals surface area contributed by atoms with Crippen LogP contribution in [0.4, 0.5) is 8.78 Å². The second-order valence-corrected chi connectivity index (χ2v) is 6.08. The van der Waals surface area contributed by atoms with E-state index in [9.17, 15) is 22.0 Å². The molecule has 0 unspecified atom stereocenters. The number of benzene rings is 1. The van der Waals surface area contributed by atoms with Crippen LogP contribution in [0.3, 0.4) is 0 Å². The van der Waals surface area contributed by atoms with Gasteiger partial charge in [0.15, 0.2) is 0 Å². The predicted molar refractivity (Wildman–Crippen MR) is 62.4 cm³/mol. The van der Waals surface area contributed by atoms with Crippen LogP contribution >= 0.6 is 0 Å². The number of hydrogen-bond acceptors (Lipinski definition) is 3. The second-order valence-electron chi connectivity index (χ2n) is 4.18. The van der Waals surface area contributed by atoms with Crippen molar-refractivity contribution < 1.29 is 27.1 Å². The number of alkyl halides is 2. The molecule has 1 aliphatic heterocycles. The molecule has 0 aromatic heterocycles. The van der Waals surface area contributed by atoms with E-state index in [1.54, 1.807) is 6.07 Å². The Balaban J connectivity index is 2.33. The molecule has 1 heterocycles. The first-order chi connectivity index (χ1) is 8.82. The average molecular weight is 291 g/mol. The molecule has 0 radical (unpaired) electrons. The fourth-order valence-electron chi connectivity index (χ4n) is 1.99. The minimum absolute atomic E-state index is 0.00930. The number of carbonyl (C=O) groups is 1. The quantitative estimate of drug-likeness (QED) is 0.910. The molecule has 1 aliphatic rings. The summed E-state index contributed by atoms with van der Waals surface area (Å²) in [7, 11) is -4.62. The first-order valence-electron chi connectivity index (χ1n) is 5.44. The molecule has 1 aromatic carbocycles. The molecule has 5 nitrogen and oxygen atoms in total. The Bertz CT molecular complexity index is 615. The number of rotatable bonds is 3. The molecule has 2 rings (SSSR count). The molecular weight excluding hydrogens is 280 g/mol. The summed E-state index contributed by atoms with van der Waals surface area (Å²) in [6.07, 6.45) is 0.293. The molecule has 104 valence electrons. The van der Waals surface area contributed by atoms with Crippen molar-refractivity contribution >= 4 is 16.0 Å². The fraction of sp³-hybridized carbons (Fsp3) is 0.364. The number of aromatic carboxylic acids is 1. The van der Waals surface area contributed by atoms with Crippen molar-refractivity contribution in [1.29, 1.82) is 0 Å². The van der Waals surface area contributed by atoms with Gasteiger partial charge in [0.05, 0.1) is 5.56 Å². The maximum atomic E-state index is 12.5. The highest BCUT2D eigenvalue weighted by molar-refractivity contribution is 7.89. The summed E-state index contributed by atoms with van der Waals surface area (Å²) in [5.74, 6) is -4.60. The van der Waals surface area contributed by atoms with Crippen LogP contribution < -0.4 is 0 Å². The summed E-state index contributed by atoms with van der Waals surface area (Å²) in [6.45, 7) is -0.241. The van der Waals surface area contributed by atoms with E-state index >= 15 is 0 Å². The Morgan fingerprint density at radius 2 is 2.00 bits per heavy atom. The zero-order valence-corrected chi connectivity index (χ0v) is 10.5. The van der Waals surface area contributed by atoms with Gasteiger partial charge in [-0.2, -0.15) is 13.1 Å². The number of hydrogen-bond donors (Lipinski definition) is 1. The lowest BCUT2D eigenvalue weighted by atomic mass is 9.99. The van der Waals surface area contributed by atoms with Gasteiger partial charge in [-0.1, -0.05) is 6.07 Å². The highest BCUT2D eigenvalue weighted by atomic mass is 32.2. The van der Waals surface area contributed by atoms with Crippen LogP contribution in [0.1, 0.15) is 21.5 Å². The van der Waals surface area contributed by atoms with Gasteiger partial charge >= 0.3 is 11.7 Å². The third-order valence-corrected chi connectivity index (χ3v) is 4.50. The van der Waals surface area contributed by atoms with Crippen LogP contribution in [0.2, 0.25) is 0 Å². The monoisotopic (exact) mass is 291 g/mol. The topological polar surface area (TPSA) is 74.7 Å². The van der Waals surface area contributed by atoms with E-state index in [1.165, 1.54) is 12.1 Å². The summed E-state index contributed by atoms with van der Waals surface area (Å²) in [4.78, 5) is 10.8. The van der Waals surface area contributed by atoms with Crippen LogP contribution in [0.5, 0.6) is 0 Å². The Kier molecular flexibility index (Phi) is 3.55. The number of halogens is 2. The predicted octanol–water partition coefficient (Wildman–Crippen LogP) is 1.30.